The van der Waals surface area contributed by atoms with Crippen LogP contribution in [0.25, 0.3) is 0 Å². The second-order valence-corrected chi connectivity index (χ2v) is 6.47. The van der Waals surface area contributed by atoms with Crippen molar-refractivity contribution in [2.24, 2.45) is 0 Å². The number of phosphoric acid groups is 1. The molecule has 0 aromatic heterocycles. The normalized spacial score (nSPS) is 11.5. The summed E-state index contributed by atoms with van der Waals surface area (Å²) in [5.74, 6) is -0.296. The average Bonchev–Trinajstić information content (AvgIpc) is 2.01. The van der Waals surface area contributed by atoms with Crippen LogP contribution in [0.15, 0.2) is 12.7 Å². The fraction of sp³-hybridized carbons (Fsp3) is 0.500. The molecular formula is C6H13CaO6P. The summed E-state index contributed by atoms with van der Waals surface area (Å²) in [5, 5.41) is 0. The Morgan fingerprint density at radius 1 is 1.57 bits per heavy atom. The number of carbonyl (C=O) groups is 1. The second kappa shape index (κ2) is 8.85. The zero-order valence-electron chi connectivity index (χ0n) is 8.08. The molecule has 6 nitrogen and oxygen atoms in total. The molecule has 0 aromatic rings. The number of rotatable bonds is 3. The molecule has 0 saturated carbocycles. The minimum absolute atomic E-state index is 0.197. The summed E-state index contributed by atoms with van der Waals surface area (Å²) in [7, 11) is -4.64. The molecule has 0 amide bonds. The smallest absolute Gasteiger partial charge is 0.303 e. The van der Waals surface area contributed by atoms with E-state index < -0.39 is 41.7 Å². The maximum atomic E-state index is 10.5. The molecule has 1 atom stereocenters. The monoisotopic (exact) mass is 252 g/mol. The summed E-state index contributed by atoms with van der Waals surface area (Å²) in [6, 6.07) is 0. The van der Waals surface area contributed by atoms with Crippen molar-refractivity contribution in [2.45, 2.75) is 12.1 Å². The molecule has 0 rings (SSSR count). The number of ether oxygens (including phenoxy) is 1. The van der Waals surface area contributed by atoms with Gasteiger partial charge in [0.15, 0.2) is 0 Å². The van der Waals surface area contributed by atoms with E-state index in [-0.39, 0.29) is 8.17 Å². The third kappa shape index (κ3) is 22.9. The SMILES string of the molecule is C=CC(=O)O[CH](C)[Ca][CH3].O=P(O)(O)O. The van der Waals surface area contributed by atoms with Crippen LogP contribution in [0.5, 0.6) is 0 Å². The number of esters is 1. The molecule has 0 aliphatic heterocycles. The van der Waals surface area contributed by atoms with Crippen LogP contribution in [0.1, 0.15) is 6.92 Å². The van der Waals surface area contributed by atoms with Crippen LogP contribution < -0.4 is 0 Å². The van der Waals surface area contributed by atoms with Crippen LogP contribution in [0, 0.1) is 0 Å². The minimum Gasteiger partial charge on any atom is -0.303 e. The fourth-order valence-electron chi connectivity index (χ4n) is 0.330. The first-order valence-electron chi connectivity index (χ1n) is 3.82. The minimum atomic E-state index is -4.64. The molecule has 8 heteroatoms. The van der Waals surface area contributed by atoms with Gasteiger partial charge in [0, 0.05) is 0 Å². The van der Waals surface area contributed by atoms with Gasteiger partial charge in [0.25, 0.3) is 0 Å². The first kappa shape index (κ1) is 17.0. The van der Waals surface area contributed by atoms with Gasteiger partial charge >= 0.3 is 82.0 Å². The van der Waals surface area contributed by atoms with E-state index in [2.05, 4.69) is 9.60 Å². The first-order valence-corrected chi connectivity index (χ1v) is 8.86. The van der Waals surface area contributed by atoms with E-state index in [4.69, 9.17) is 24.0 Å². The van der Waals surface area contributed by atoms with Gasteiger partial charge in [-0.05, 0) is 0 Å². The van der Waals surface area contributed by atoms with Crippen LogP contribution in [-0.4, -0.2) is 56.7 Å². The van der Waals surface area contributed by atoms with E-state index in [9.17, 15) is 4.79 Å². The van der Waals surface area contributed by atoms with E-state index in [1.807, 2.05) is 6.92 Å². The van der Waals surface area contributed by atoms with Gasteiger partial charge in [-0.2, -0.15) is 0 Å². The molecule has 0 aliphatic carbocycles. The molecule has 14 heavy (non-hydrogen) atoms. The van der Waals surface area contributed by atoms with Crippen molar-refractivity contribution in [1.29, 1.82) is 0 Å². The van der Waals surface area contributed by atoms with Gasteiger partial charge < -0.3 is 14.7 Å². The summed E-state index contributed by atoms with van der Waals surface area (Å²) < 4.78 is 16.1. The number of hydrogen-bond acceptors (Lipinski definition) is 3. The molecule has 3 N–H and O–H groups in total. The Balaban J connectivity index is 0. The molecule has 0 fully saturated rings. The maximum Gasteiger partial charge on any atom is 0.466 e. The molecule has 0 aliphatic rings. The van der Waals surface area contributed by atoms with Crippen molar-refractivity contribution in [2.75, 3.05) is 0 Å². The van der Waals surface area contributed by atoms with Crippen LogP contribution in [0.4, 0.5) is 0 Å². The number of hydrogen-bond donors (Lipinski definition) is 3. The van der Waals surface area contributed by atoms with Gasteiger partial charge in [-0.15, -0.1) is 0 Å². The van der Waals surface area contributed by atoms with Crippen molar-refractivity contribution in [3.63, 3.8) is 0 Å². The third-order valence-electron chi connectivity index (χ3n) is 1.06. The standard InChI is InChI=1S/C5H7O2.CH3.Ca.H3O4P/c1-3-5(6)7-4-2;;;1-5(2,3)4/h3-4H,1H2,2H3;1H3;;(H3,1,2,3,4). The summed E-state index contributed by atoms with van der Waals surface area (Å²) in [6.45, 7) is 5.23. The first-order chi connectivity index (χ1) is 6.20. The fourth-order valence-corrected chi connectivity index (χ4v) is 0.847. The molecule has 0 saturated heterocycles. The van der Waals surface area contributed by atoms with E-state index >= 15 is 0 Å². The predicted molar refractivity (Wildman–Crippen MR) is 51.6 cm³/mol. The molecule has 0 radical (unpaired) electrons. The van der Waals surface area contributed by atoms with Crippen LogP contribution in [0.2, 0.25) is 3.02 Å². The van der Waals surface area contributed by atoms with Crippen molar-refractivity contribution in [3.8, 4) is 0 Å². The van der Waals surface area contributed by atoms with E-state index in [0.717, 1.165) is 0 Å². The van der Waals surface area contributed by atoms with Crippen LogP contribution in [0.3, 0.4) is 0 Å². The summed E-state index contributed by atoms with van der Waals surface area (Å²) in [4.78, 5) is 32.0. The Kier molecular flexibility index (Phi) is 10.7. The van der Waals surface area contributed by atoms with E-state index in [0.29, 0.717) is 0 Å². The van der Waals surface area contributed by atoms with E-state index in [1.54, 1.807) is 0 Å². The van der Waals surface area contributed by atoms with Crippen molar-refractivity contribution < 1.29 is 28.8 Å². The Morgan fingerprint density at radius 2 is 1.93 bits per heavy atom. The molecule has 1 unspecified atom stereocenters. The Bertz CT molecular complexity index is 216. The van der Waals surface area contributed by atoms with Crippen molar-refractivity contribution >= 4 is 47.6 Å². The van der Waals surface area contributed by atoms with Gasteiger partial charge in [0.1, 0.15) is 0 Å². The summed E-state index contributed by atoms with van der Waals surface area (Å²) in [5.41, 5.74) is 0. The molecule has 0 bridgehead atoms. The largest absolute Gasteiger partial charge is 0.466 e. The van der Waals surface area contributed by atoms with Gasteiger partial charge in [-0.1, -0.05) is 0 Å². The van der Waals surface area contributed by atoms with Crippen LogP contribution in [-0.2, 0) is 14.1 Å². The molecule has 0 heterocycles. The van der Waals surface area contributed by atoms with Crippen molar-refractivity contribution in [1.82, 2.24) is 0 Å². The Morgan fingerprint density at radius 3 is 2.14 bits per heavy atom. The summed E-state index contributed by atoms with van der Waals surface area (Å²) >= 11 is -0.573. The van der Waals surface area contributed by atoms with Crippen LogP contribution >= 0.6 is 7.82 Å². The zero-order valence-corrected chi connectivity index (χ0v) is 11.2. The Labute approximate surface area is 100 Å². The quantitative estimate of drug-likeness (QED) is 0.280. The topological polar surface area (TPSA) is 104 Å². The predicted octanol–water partition coefficient (Wildman–Crippen LogP) is -0.115. The van der Waals surface area contributed by atoms with Crippen molar-refractivity contribution in [3.05, 3.63) is 12.7 Å². The van der Waals surface area contributed by atoms with Gasteiger partial charge in [-0.3, -0.25) is 0 Å². The second-order valence-electron chi connectivity index (χ2n) is 2.37. The van der Waals surface area contributed by atoms with E-state index in [1.165, 1.54) is 6.08 Å². The van der Waals surface area contributed by atoms with Gasteiger partial charge in [-0.25, -0.2) is 4.57 Å². The van der Waals surface area contributed by atoms with Gasteiger partial charge in [0.05, 0.1) is 0 Å². The zero-order chi connectivity index (χ0) is 11.8. The molecule has 0 aromatic carbocycles. The third-order valence-corrected chi connectivity index (χ3v) is 3.11. The Hall–Kier alpha value is 0.580. The molecule has 80 valence electrons. The molecular weight excluding hydrogens is 239 g/mol. The molecule has 0 spiro atoms. The average molecular weight is 252 g/mol. The maximum absolute atomic E-state index is 10.5. The summed E-state index contributed by atoms with van der Waals surface area (Å²) in [6.07, 6.45) is 1.20. The van der Waals surface area contributed by atoms with Gasteiger partial charge in [0.2, 0.25) is 0 Å². The number of carbonyl (C=O) groups excluding carboxylic acids is 1.